The van der Waals surface area contributed by atoms with Crippen molar-refractivity contribution in [2.75, 3.05) is 49.7 Å². The smallest absolute Gasteiger partial charge is 0.323 e. The van der Waals surface area contributed by atoms with E-state index in [2.05, 4.69) is 47.9 Å². The van der Waals surface area contributed by atoms with Gasteiger partial charge in [-0.3, -0.25) is 29.7 Å². The van der Waals surface area contributed by atoms with Gasteiger partial charge < -0.3 is 24.6 Å². The standard InChI is InChI=1S/C37H48BrClN6O7/c1-20-15-27-25(21(2)19-44-11-13-45(14-12-44)35-40-17-24(38)18-41-35)10-9-22(3)37(27,49)32(31(20)50-23(4)46)51-33(47)29-16-36(48)26-7-6-8-28(39)30(26)43(5)52-34(36)42-29/h6-8,15,17-18,21-22,25,27,29,31-32,34,42,48-49H,9-14,16,19H2,1-5H3/t21-,22+,25-,27+,29-,31+,32-,34+,36+,37+/m0/s1. The zero-order chi connectivity index (χ0) is 37.1. The minimum atomic E-state index is -1.57. The lowest BCUT2D eigenvalue weighted by atomic mass is 9.55. The van der Waals surface area contributed by atoms with Gasteiger partial charge in [-0.05, 0) is 65.1 Å². The van der Waals surface area contributed by atoms with E-state index in [1.54, 1.807) is 37.6 Å². The van der Waals surface area contributed by atoms with Crippen LogP contribution in [0.4, 0.5) is 11.6 Å². The quantitative estimate of drug-likeness (QED) is 0.276. The molecular weight excluding hydrogens is 756 g/mol. The molecule has 15 heteroatoms. The molecule has 7 rings (SSSR count). The summed E-state index contributed by atoms with van der Waals surface area (Å²) in [6.45, 7) is 11.6. The molecule has 5 aliphatic rings. The zero-order valence-electron chi connectivity index (χ0n) is 30.2. The van der Waals surface area contributed by atoms with Gasteiger partial charge >= 0.3 is 11.9 Å². The fourth-order valence-corrected chi connectivity index (χ4v) is 9.80. The number of nitrogens with zero attached hydrogens (tertiary/aromatic N) is 5. The van der Waals surface area contributed by atoms with Gasteiger partial charge in [0.1, 0.15) is 17.2 Å². The highest BCUT2D eigenvalue weighted by molar-refractivity contribution is 9.10. The van der Waals surface area contributed by atoms with Crippen LogP contribution in [0.5, 0.6) is 0 Å². The number of piperazine rings is 1. The maximum atomic E-state index is 14.2. The number of hydroxylamine groups is 1. The third kappa shape index (κ3) is 6.62. The van der Waals surface area contributed by atoms with Crippen LogP contribution in [0.15, 0.2) is 46.7 Å². The van der Waals surface area contributed by atoms with E-state index in [1.165, 1.54) is 12.0 Å². The highest BCUT2D eigenvalue weighted by Gasteiger charge is 2.62. The summed E-state index contributed by atoms with van der Waals surface area (Å²) in [4.78, 5) is 46.1. The lowest BCUT2D eigenvalue weighted by Crippen LogP contribution is -2.66. The number of rotatable bonds is 7. The van der Waals surface area contributed by atoms with E-state index < -0.39 is 47.6 Å². The van der Waals surface area contributed by atoms with Crippen LogP contribution in [-0.4, -0.2) is 107 Å². The lowest BCUT2D eigenvalue weighted by Gasteiger charge is -2.56. The zero-order valence-corrected chi connectivity index (χ0v) is 32.5. The first kappa shape index (κ1) is 37.5. The van der Waals surface area contributed by atoms with E-state index in [0.717, 1.165) is 55.1 Å². The van der Waals surface area contributed by atoms with Crippen molar-refractivity contribution in [3.05, 3.63) is 57.3 Å². The molecule has 0 bridgehead atoms. The number of aliphatic hydroxyl groups is 2. The van der Waals surface area contributed by atoms with E-state index in [4.69, 9.17) is 25.9 Å². The second-order valence-corrected chi connectivity index (χ2v) is 16.6. The number of hydrogen-bond acceptors (Lipinski definition) is 13. The van der Waals surface area contributed by atoms with Crippen molar-refractivity contribution in [1.29, 1.82) is 0 Å². The van der Waals surface area contributed by atoms with Gasteiger partial charge in [0.2, 0.25) is 5.95 Å². The van der Waals surface area contributed by atoms with Crippen LogP contribution < -0.4 is 15.3 Å². The molecule has 0 spiro atoms. The molecule has 3 aliphatic heterocycles. The number of halogens is 2. The van der Waals surface area contributed by atoms with Gasteiger partial charge in [0.25, 0.3) is 0 Å². The molecule has 1 aromatic carbocycles. The second-order valence-electron chi connectivity index (χ2n) is 15.3. The Balaban J connectivity index is 1.10. The molecule has 3 fully saturated rings. The Morgan fingerprint density at radius 3 is 2.56 bits per heavy atom. The van der Waals surface area contributed by atoms with Crippen LogP contribution in [0.3, 0.4) is 0 Å². The molecule has 10 atom stereocenters. The molecule has 1 saturated carbocycles. The topological polar surface area (TPSA) is 150 Å². The highest BCUT2D eigenvalue weighted by Crippen LogP contribution is 2.53. The van der Waals surface area contributed by atoms with Crippen molar-refractivity contribution in [1.82, 2.24) is 20.2 Å². The molecule has 0 unspecified atom stereocenters. The Kier molecular flexibility index (Phi) is 10.4. The molecule has 52 heavy (non-hydrogen) atoms. The van der Waals surface area contributed by atoms with E-state index >= 15 is 0 Å². The van der Waals surface area contributed by atoms with Gasteiger partial charge in [0, 0.05) is 77.0 Å². The number of esters is 2. The number of para-hydroxylation sites is 1. The monoisotopic (exact) mass is 802 g/mol. The predicted molar refractivity (Wildman–Crippen MR) is 197 cm³/mol. The first-order valence-electron chi connectivity index (χ1n) is 18.1. The fraction of sp³-hybridized carbons (Fsp3) is 0.622. The number of anilines is 2. The van der Waals surface area contributed by atoms with Crippen molar-refractivity contribution in [2.45, 2.75) is 82.6 Å². The number of nitrogens with one attached hydrogen (secondary N) is 1. The van der Waals surface area contributed by atoms with Crippen molar-refractivity contribution < 1.29 is 34.1 Å². The van der Waals surface area contributed by atoms with Crippen LogP contribution in [0.2, 0.25) is 5.02 Å². The Hall–Kier alpha value is -2.85. The summed E-state index contributed by atoms with van der Waals surface area (Å²) in [7, 11) is 1.69. The maximum Gasteiger partial charge on any atom is 0.323 e. The molecule has 3 N–H and O–H groups in total. The maximum absolute atomic E-state index is 14.2. The van der Waals surface area contributed by atoms with E-state index in [0.29, 0.717) is 22.7 Å². The number of hydrogen-bond donors (Lipinski definition) is 3. The van der Waals surface area contributed by atoms with Crippen molar-refractivity contribution in [3.8, 4) is 0 Å². The van der Waals surface area contributed by atoms with Crippen LogP contribution in [-0.2, 0) is 29.5 Å². The van der Waals surface area contributed by atoms with E-state index in [1.807, 2.05) is 19.9 Å². The van der Waals surface area contributed by atoms with Gasteiger partial charge in [-0.2, -0.15) is 0 Å². The van der Waals surface area contributed by atoms with E-state index in [-0.39, 0.29) is 30.1 Å². The fourth-order valence-electron chi connectivity index (χ4n) is 9.30. The summed E-state index contributed by atoms with van der Waals surface area (Å²) in [6, 6.07) is 4.25. The van der Waals surface area contributed by atoms with Crippen molar-refractivity contribution in [3.63, 3.8) is 0 Å². The Morgan fingerprint density at radius 1 is 1.15 bits per heavy atom. The number of carbonyl (C=O) groups excluding carboxylic acids is 2. The van der Waals surface area contributed by atoms with Gasteiger partial charge in [0.05, 0.1) is 15.2 Å². The summed E-state index contributed by atoms with van der Waals surface area (Å²) >= 11 is 9.88. The summed E-state index contributed by atoms with van der Waals surface area (Å²) in [6.07, 6.45) is 4.06. The molecule has 13 nitrogen and oxygen atoms in total. The van der Waals surface area contributed by atoms with Crippen LogP contribution >= 0.6 is 27.5 Å². The van der Waals surface area contributed by atoms with Gasteiger partial charge in [-0.15, -0.1) is 0 Å². The number of fused-ring (bicyclic) bond motifs is 4. The van der Waals surface area contributed by atoms with E-state index in [9.17, 15) is 19.8 Å². The summed E-state index contributed by atoms with van der Waals surface area (Å²) in [5, 5.41) is 29.8. The number of ether oxygens (including phenoxy) is 2. The molecule has 0 amide bonds. The van der Waals surface area contributed by atoms with Gasteiger partial charge in [0.15, 0.2) is 18.4 Å². The van der Waals surface area contributed by atoms with Gasteiger partial charge in [-0.25, -0.2) is 9.97 Å². The third-order valence-corrected chi connectivity index (χ3v) is 12.7. The molecule has 2 aromatic rings. The Labute approximate surface area is 317 Å². The van der Waals surface area contributed by atoms with Crippen molar-refractivity contribution >= 4 is 51.1 Å². The highest BCUT2D eigenvalue weighted by atomic mass is 79.9. The Bertz CT molecular complexity index is 1710. The largest absolute Gasteiger partial charge is 0.454 e. The molecule has 2 saturated heterocycles. The molecule has 0 radical (unpaired) electrons. The lowest BCUT2D eigenvalue weighted by molar-refractivity contribution is -0.225. The molecular formula is C37H48BrClN6O7. The van der Waals surface area contributed by atoms with Crippen LogP contribution in [0, 0.1) is 23.7 Å². The summed E-state index contributed by atoms with van der Waals surface area (Å²) in [5.41, 5.74) is -1.28. The molecule has 4 heterocycles. The number of carbonyl (C=O) groups is 2. The first-order chi connectivity index (χ1) is 24.7. The first-order valence-corrected chi connectivity index (χ1v) is 19.3. The minimum absolute atomic E-state index is 0.0459. The number of benzene rings is 1. The summed E-state index contributed by atoms with van der Waals surface area (Å²) in [5.74, 6) is -0.792. The van der Waals surface area contributed by atoms with Crippen molar-refractivity contribution in [2.24, 2.45) is 23.7 Å². The van der Waals surface area contributed by atoms with Gasteiger partial charge in [-0.1, -0.05) is 43.7 Å². The Morgan fingerprint density at radius 2 is 1.87 bits per heavy atom. The average Bonchev–Trinajstić information content (AvgIpc) is 3.45. The SMILES string of the molecule is CC(=O)O[C@@H]1C(C)=C[C@@H]2[C@H]([C@@H](C)CN3CCN(c4ncc(Br)cn4)CC3)CC[C@@H](C)[C@]2(O)[C@H]1OC(=O)[C@@H]1C[C@@]2(O)c3cccc(Cl)c3N(C)O[C@H]2N1. The third-order valence-electron chi connectivity index (χ3n) is 12.0. The predicted octanol–water partition coefficient (Wildman–Crippen LogP) is 3.80. The number of aromatic nitrogens is 2. The minimum Gasteiger partial charge on any atom is -0.454 e. The summed E-state index contributed by atoms with van der Waals surface area (Å²) < 4.78 is 13.0. The van der Waals surface area contributed by atoms with Crippen LogP contribution in [0.25, 0.3) is 0 Å². The molecule has 2 aliphatic carbocycles. The van der Waals surface area contributed by atoms with Crippen LogP contribution in [0.1, 0.15) is 52.5 Å². The second kappa shape index (κ2) is 14.4. The normalized spacial score (nSPS) is 35.2. The molecule has 282 valence electrons. The molecule has 1 aromatic heterocycles. The average molecular weight is 804 g/mol.